The highest BCUT2D eigenvalue weighted by Gasteiger charge is 2.28. The number of nitrogens with zero attached hydrogens (tertiary/aromatic N) is 4. The topological polar surface area (TPSA) is 61.9 Å². The predicted molar refractivity (Wildman–Crippen MR) is 127 cm³/mol. The van der Waals surface area contributed by atoms with Crippen molar-refractivity contribution in [2.75, 3.05) is 6.61 Å². The van der Waals surface area contributed by atoms with Gasteiger partial charge in [-0.2, -0.15) is 18.3 Å². The summed E-state index contributed by atoms with van der Waals surface area (Å²) in [4.78, 5) is 17.8. The molecular weight excluding hydrogens is 457 g/mol. The van der Waals surface area contributed by atoms with Crippen LogP contribution < -0.4 is 10.3 Å². The number of halogens is 3. The van der Waals surface area contributed by atoms with Crippen LogP contribution in [-0.4, -0.2) is 32.1 Å². The zero-order chi connectivity index (χ0) is 24.6. The molecule has 0 aliphatic heterocycles. The van der Waals surface area contributed by atoms with Crippen LogP contribution in [0.1, 0.15) is 5.82 Å². The highest BCUT2D eigenvalue weighted by atomic mass is 19.4. The van der Waals surface area contributed by atoms with Crippen LogP contribution in [0.25, 0.3) is 32.9 Å². The number of hydrogen-bond donors (Lipinski definition) is 0. The van der Waals surface area contributed by atoms with Gasteiger partial charge in [0.05, 0.1) is 29.2 Å². The highest BCUT2D eigenvalue weighted by molar-refractivity contribution is 5.86. The maximum Gasteiger partial charge on any atom is 0.422 e. The van der Waals surface area contributed by atoms with Gasteiger partial charge in [0, 0.05) is 18.9 Å². The Morgan fingerprint density at radius 1 is 0.971 bits per heavy atom. The van der Waals surface area contributed by atoms with Gasteiger partial charge in [0.1, 0.15) is 11.6 Å². The maximum atomic E-state index is 13.2. The molecule has 0 amide bonds. The van der Waals surface area contributed by atoms with Crippen LogP contribution in [0.15, 0.2) is 77.7 Å². The van der Waals surface area contributed by atoms with E-state index in [9.17, 15) is 18.0 Å². The van der Waals surface area contributed by atoms with Gasteiger partial charge in [-0.25, -0.2) is 9.67 Å². The molecule has 35 heavy (non-hydrogen) atoms. The minimum absolute atomic E-state index is 0.125. The molecule has 2 heterocycles. The lowest BCUT2D eigenvalue weighted by molar-refractivity contribution is -0.153. The molecule has 0 saturated heterocycles. The van der Waals surface area contributed by atoms with Crippen molar-refractivity contribution in [3.8, 4) is 16.9 Å². The first-order chi connectivity index (χ1) is 16.8. The Bertz CT molecular complexity index is 1570. The average molecular weight is 478 g/mol. The lowest BCUT2D eigenvalue weighted by atomic mass is 10.0. The molecule has 178 valence electrons. The standard InChI is InChI=1S/C26H21F3N4O2/c1-32-23-5-3-2-4-22(23)31-24(32)12-13-33-25(34)21-14-18(6-7-19(21)15-30-33)17-8-10-20(11-9-17)35-16-26(27,28)29/h2-11,14-15H,12-13,16H2,1H3. The quantitative estimate of drug-likeness (QED) is 0.339. The molecule has 0 radical (unpaired) electrons. The van der Waals surface area contributed by atoms with Gasteiger partial charge in [-0.15, -0.1) is 0 Å². The second-order valence-electron chi connectivity index (χ2n) is 8.23. The molecule has 0 aliphatic carbocycles. The van der Waals surface area contributed by atoms with Gasteiger partial charge in [0.2, 0.25) is 0 Å². The Kier molecular flexibility index (Phi) is 5.76. The first kappa shape index (κ1) is 22.6. The monoisotopic (exact) mass is 478 g/mol. The molecule has 0 atom stereocenters. The molecule has 0 N–H and O–H groups in total. The third-order valence-electron chi connectivity index (χ3n) is 5.87. The molecule has 0 fully saturated rings. The molecule has 2 aromatic heterocycles. The third-order valence-corrected chi connectivity index (χ3v) is 5.87. The van der Waals surface area contributed by atoms with E-state index in [-0.39, 0.29) is 11.3 Å². The van der Waals surface area contributed by atoms with Crippen LogP contribution in [0.3, 0.4) is 0 Å². The number of alkyl halides is 3. The van der Waals surface area contributed by atoms with E-state index in [4.69, 9.17) is 4.74 Å². The fourth-order valence-corrected chi connectivity index (χ4v) is 4.05. The molecule has 0 bridgehead atoms. The highest BCUT2D eigenvalue weighted by Crippen LogP contribution is 2.26. The van der Waals surface area contributed by atoms with E-state index in [2.05, 4.69) is 10.1 Å². The predicted octanol–water partition coefficient (Wildman–Crippen LogP) is 5.13. The summed E-state index contributed by atoms with van der Waals surface area (Å²) in [6.45, 7) is -0.968. The van der Waals surface area contributed by atoms with Crippen molar-refractivity contribution in [1.29, 1.82) is 0 Å². The van der Waals surface area contributed by atoms with E-state index in [0.717, 1.165) is 28.0 Å². The van der Waals surface area contributed by atoms with Crippen LogP contribution in [0.4, 0.5) is 13.2 Å². The van der Waals surface area contributed by atoms with Gasteiger partial charge in [0.25, 0.3) is 5.56 Å². The third kappa shape index (κ3) is 4.75. The van der Waals surface area contributed by atoms with Crippen molar-refractivity contribution in [3.63, 3.8) is 0 Å². The van der Waals surface area contributed by atoms with Gasteiger partial charge in [-0.05, 0) is 41.5 Å². The van der Waals surface area contributed by atoms with Gasteiger partial charge in [0.15, 0.2) is 6.61 Å². The normalized spacial score (nSPS) is 11.9. The van der Waals surface area contributed by atoms with Crippen LogP contribution in [0, 0.1) is 0 Å². The molecule has 0 unspecified atom stereocenters. The molecule has 6 nitrogen and oxygen atoms in total. The number of aryl methyl sites for hydroxylation is 3. The van der Waals surface area contributed by atoms with Gasteiger partial charge in [-0.1, -0.05) is 36.4 Å². The minimum Gasteiger partial charge on any atom is -0.484 e. The van der Waals surface area contributed by atoms with Crippen molar-refractivity contribution in [2.24, 2.45) is 7.05 Å². The summed E-state index contributed by atoms with van der Waals surface area (Å²) < 4.78 is 45.3. The molecule has 0 spiro atoms. The summed E-state index contributed by atoms with van der Waals surface area (Å²) >= 11 is 0. The average Bonchev–Trinajstić information content (AvgIpc) is 3.18. The molecule has 5 aromatic rings. The Balaban J connectivity index is 1.38. The Hall–Kier alpha value is -4.14. The van der Waals surface area contributed by atoms with Gasteiger partial charge in [-0.3, -0.25) is 4.79 Å². The van der Waals surface area contributed by atoms with Crippen LogP contribution in [-0.2, 0) is 20.0 Å². The van der Waals surface area contributed by atoms with Gasteiger partial charge >= 0.3 is 6.18 Å². The van der Waals surface area contributed by atoms with E-state index in [1.165, 1.54) is 16.8 Å². The molecule has 0 aliphatic rings. The fraction of sp³-hybridized carbons (Fsp3) is 0.192. The van der Waals surface area contributed by atoms with E-state index in [0.29, 0.717) is 23.7 Å². The van der Waals surface area contributed by atoms with Crippen molar-refractivity contribution in [2.45, 2.75) is 19.1 Å². The van der Waals surface area contributed by atoms with Crippen molar-refractivity contribution < 1.29 is 17.9 Å². The first-order valence-corrected chi connectivity index (χ1v) is 11.0. The van der Waals surface area contributed by atoms with Crippen LogP contribution in [0.2, 0.25) is 0 Å². The van der Waals surface area contributed by atoms with Crippen LogP contribution >= 0.6 is 0 Å². The summed E-state index contributed by atoms with van der Waals surface area (Å²) in [6, 6.07) is 19.6. The minimum atomic E-state index is -4.39. The number of para-hydroxylation sites is 2. The largest absolute Gasteiger partial charge is 0.484 e. The van der Waals surface area contributed by atoms with Crippen molar-refractivity contribution >= 4 is 21.8 Å². The van der Waals surface area contributed by atoms with Crippen molar-refractivity contribution in [1.82, 2.24) is 19.3 Å². The Morgan fingerprint density at radius 3 is 2.46 bits per heavy atom. The lowest BCUT2D eigenvalue weighted by Crippen LogP contribution is -2.24. The van der Waals surface area contributed by atoms with Crippen LogP contribution in [0.5, 0.6) is 5.75 Å². The first-order valence-electron chi connectivity index (χ1n) is 11.0. The number of imidazole rings is 1. The van der Waals surface area contributed by atoms with Gasteiger partial charge < -0.3 is 9.30 Å². The fourth-order valence-electron chi connectivity index (χ4n) is 4.05. The number of rotatable bonds is 6. The number of benzene rings is 3. The smallest absolute Gasteiger partial charge is 0.422 e. The summed E-state index contributed by atoms with van der Waals surface area (Å²) in [5.74, 6) is 0.988. The lowest BCUT2D eigenvalue weighted by Gasteiger charge is -2.10. The molecule has 0 saturated carbocycles. The molecule has 9 heteroatoms. The Morgan fingerprint density at radius 2 is 1.71 bits per heavy atom. The second kappa shape index (κ2) is 8.90. The SMILES string of the molecule is Cn1c(CCn2ncc3ccc(-c4ccc(OCC(F)(F)F)cc4)cc3c2=O)nc2ccccc21. The molecule has 5 rings (SSSR count). The zero-order valence-electron chi connectivity index (χ0n) is 18.8. The summed E-state index contributed by atoms with van der Waals surface area (Å²) in [5, 5.41) is 5.54. The van der Waals surface area contributed by atoms with E-state index in [1.54, 1.807) is 24.4 Å². The number of ether oxygens (including phenoxy) is 1. The van der Waals surface area contributed by atoms with E-state index < -0.39 is 12.8 Å². The summed E-state index contributed by atoms with van der Waals surface area (Å²) in [5.41, 5.74) is 3.25. The molecular formula is C26H21F3N4O2. The zero-order valence-corrected chi connectivity index (χ0v) is 18.8. The second-order valence-corrected chi connectivity index (χ2v) is 8.23. The van der Waals surface area contributed by atoms with Crippen molar-refractivity contribution in [3.05, 3.63) is 89.1 Å². The summed E-state index contributed by atoms with van der Waals surface area (Å²) in [7, 11) is 1.95. The Labute approximate surface area is 198 Å². The maximum absolute atomic E-state index is 13.2. The van der Waals surface area contributed by atoms with E-state index >= 15 is 0 Å². The number of aromatic nitrogens is 4. The van der Waals surface area contributed by atoms with E-state index in [1.807, 2.05) is 48.0 Å². The number of hydrogen-bond acceptors (Lipinski definition) is 4. The summed E-state index contributed by atoms with van der Waals surface area (Å²) in [6.07, 6.45) is -2.19. The molecule has 3 aromatic carbocycles. The number of fused-ring (bicyclic) bond motifs is 2.